The standard InChI is InChI=1S/C14H19N3O7/c1-7(18)21-6-8-10-11(24-14(2,3)23-10)12(22-8)17-5-4-9(16-20)15-13(17)19/h4-5,8,10-12,20H,6H2,1-3H3,(H,15,16,19)/t8-,10-,11-,12-/m1/s1. The predicted octanol–water partition coefficient (Wildman–Crippen LogP) is 0.0250. The van der Waals surface area contributed by atoms with Crippen molar-refractivity contribution in [1.29, 1.82) is 0 Å². The normalized spacial score (nSPS) is 30.8. The molecule has 0 unspecified atom stereocenters. The Morgan fingerprint density at radius 2 is 2.17 bits per heavy atom. The number of carbonyl (C=O) groups excluding carboxylic acids is 1. The van der Waals surface area contributed by atoms with Gasteiger partial charge in [0.1, 0.15) is 24.9 Å². The van der Waals surface area contributed by atoms with Crippen molar-refractivity contribution in [3.05, 3.63) is 22.7 Å². The van der Waals surface area contributed by atoms with Gasteiger partial charge in [-0.2, -0.15) is 4.98 Å². The highest BCUT2D eigenvalue weighted by molar-refractivity contribution is 5.65. The summed E-state index contributed by atoms with van der Waals surface area (Å²) >= 11 is 0. The van der Waals surface area contributed by atoms with E-state index < -0.39 is 42.0 Å². The molecule has 0 bridgehead atoms. The molecule has 0 radical (unpaired) electrons. The number of ether oxygens (including phenoxy) is 4. The van der Waals surface area contributed by atoms with E-state index in [9.17, 15) is 9.59 Å². The maximum atomic E-state index is 12.1. The lowest BCUT2D eigenvalue weighted by Crippen LogP contribution is -2.34. The summed E-state index contributed by atoms with van der Waals surface area (Å²) in [6, 6.07) is 1.42. The average Bonchev–Trinajstić information content (AvgIpc) is 2.98. The van der Waals surface area contributed by atoms with Gasteiger partial charge >= 0.3 is 11.7 Å². The largest absolute Gasteiger partial charge is 0.463 e. The van der Waals surface area contributed by atoms with Crippen LogP contribution in [0, 0.1) is 0 Å². The Kier molecular flexibility index (Phi) is 4.30. The third-order valence-corrected chi connectivity index (χ3v) is 3.79. The van der Waals surface area contributed by atoms with E-state index in [2.05, 4.69) is 4.98 Å². The number of nitrogens with zero attached hydrogens (tertiary/aromatic N) is 2. The first-order valence-electron chi connectivity index (χ1n) is 7.44. The molecule has 2 fully saturated rings. The molecular formula is C14H19N3O7. The van der Waals surface area contributed by atoms with Crippen LogP contribution >= 0.6 is 0 Å². The fraction of sp³-hybridized carbons (Fsp3) is 0.643. The molecule has 2 saturated heterocycles. The highest BCUT2D eigenvalue weighted by atomic mass is 16.8. The van der Waals surface area contributed by atoms with Crippen molar-refractivity contribution in [2.75, 3.05) is 12.1 Å². The van der Waals surface area contributed by atoms with Crippen molar-refractivity contribution in [2.45, 2.75) is 51.1 Å². The molecule has 0 saturated carbocycles. The van der Waals surface area contributed by atoms with Gasteiger partial charge in [0.25, 0.3) is 0 Å². The summed E-state index contributed by atoms with van der Waals surface area (Å²) in [7, 11) is 0. The number of carbonyl (C=O) groups is 1. The van der Waals surface area contributed by atoms with Crippen LogP contribution < -0.4 is 11.2 Å². The maximum Gasteiger partial charge on any atom is 0.351 e. The van der Waals surface area contributed by atoms with E-state index >= 15 is 0 Å². The van der Waals surface area contributed by atoms with Crippen LogP contribution in [0.25, 0.3) is 0 Å². The van der Waals surface area contributed by atoms with Crippen LogP contribution in [-0.2, 0) is 23.7 Å². The molecular weight excluding hydrogens is 322 g/mol. The van der Waals surface area contributed by atoms with E-state index in [0.29, 0.717) is 0 Å². The van der Waals surface area contributed by atoms with Crippen LogP contribution in [0.2, 0.25) is 0 Å². The Morgan fingerprint density at radius 3 is 2.79 bits per heavy atom. The number of esters is 1. The third kappa shape index (κ3) is 3.13. The van der Waals surface area contributed by atoms with Crippen molar-refractivity contribution in [3.63, 3.8) is 0 Å². The molecule has 2 aliphatic rings. The van der Waals surface area contributed by atoms with E-state index in [0.717, 1.165) is 0 Å². The lowest BCUT2D eigenvalue weighted by atomic mass is 10.1. The molecule has 0 aliphatic carbocycles. The summed E-state index contributed by atoms with van der Waals surface area (Å²) in [5, 5.41) is 8.82. The van der Waals surface area contributed by atoms with Gasteiger partial charge in [-0.25, -0.2) is 4.79 Å². The molecule has 3 rings (SSSR count). The van der Waals surface area contributed by atoms with Crippen molar-refractivity contribution < 1.29 is 28.9 Å². The van der Waals surface area contributed by atoms with Crippen molar-refractivity contribution in [3.8, 4) is 0 Å². The second kappa shape index (κ2) is 6.13. The van der Waals surface area contributed by atoms with Crippen molar-refractivity contribution in [1.82, 2.24) is 9.55 Å². The van der Waals surface area contributed by atoms with Gasteiger partial charge < -0.3 is 18.9 Å². The number of rotatable bonds is 4. The summed E-state index contributed by atoms with van der Waals surface area (Å²) in [4.78, 5) is 26.9. The maximum absolute atomic E-state index is 12.1. The fourth-order valence-electron chi connectivity index (χ4n) is 2.89. The Balaban J connectivity index is 1.88. The summed E-state index contributed by atoms with van der Waals surface area (Å²) in [6.45, 7) is 4.80. The monoisotopic (exact) mass is 341 g/mol. The van der Waals surface area contributed by atoms with Crippen LogP contribution in [0.15, 0.2) is 17.1 Å². The number of nitrogens with one attached hydrogen (secondary N) is 1. The Hall–Kier alpha value is -2.01. The topological polar surface area (TPSA) is 121 Å². The molecule has 0 aromatic carbocycles. The number of hydrogen-bond acceptors (Lipinski definition) is 9. The minimum atomic E-state index is -0.852. The van der Waals surface area contributed by atoms with E-state index in [1.807, 2.05) is 5.48 Å². The first-order valence-corrected chi connectivity index (χ1v) is 7.44. The van der Waals surface area contributed by atoms with Crippen LogP contribution in [0.4, 0.5) is 5.82 Å². The van der Waals surface area contributed by atoms with E-state index in [1.54, 1.807) is 13.8 Å². The molecule has 4 atom stereocenters. The lowest BCUT2D eigenvalue weighted by molar-refractivity contribution is -0.202. The molecule has 2 aliphatic heterocycles. The molecule has 0 spiro atoms. The molecule has 1 aromatic rings. The Labute approximate surface area is 137 Å². The molecule has 0 amide bonds. The van der Waals surface area contributed by atoms with Gasteiger partial charge in [0, 0.05) is 13.1 Å². The van der Waals surface area contributed by atoms with E-state index in [-0.39, 0.29) is 12.4 Å². The van der Waals surface area contributed by atoms with Gasteiger partial charge in [-0.05, 0) is 19.9 Å². The number of aromatic nitrogens is 2. The molecule has 1 aromatic heterocycles. The SMILES string of the molecule is CC(=O)OC[C@H]1O[C@@H](n2ccc(NO)nc2=O)[C@@H]2OC(C)(C)O[C@@H]21. The highest BCUT2D eigenvalue weighted by Crippen LogP contribution is 2.42. The minimum absolute atomic E-state index is 0.00903. The second-order valence-corrected chi connectivity index (χ2v) is 6.05. The quantitative estimate of drug-likeness (QED) is 0.577. The minimum Gasteiger partial charge on any atom is -0.463 e. The summed E-state index contributed by atoms with van der Waals surface area (Å²) in [5.41, 5.74) is 1.18. The lowest BCUT2D eigenvalue weighted by Gasteiger charge is -2.24. The Bertz CT molecular complexity index is 689. The number of anilines is 1. The molecule has 10 nitrogen and oxygen atoms in total. The Morgan fingerprint density at radius 1 is 1.46 bits per heavy atom. The molecule has 2 N–H and O–H groups in total. The highest BCUT2D eigenvalue weighted by Gasteiger charge is 2.56. The van der Waals surface area contributed by atoms with Crippen LogP contribution in [-0.4, -0.2) is 51.4 Å². The van der Waals surface area contributed by atoms with E-state index in [4.69, 9.17) is 24.2 Å². The molecule has 132 valence electrons. The van der Waals surface area contributed by atoms with Gasteiger partial charge in [-0.3, -0.25) is 20.0 Å². The summed E-state index contributed by atoms with van der Waals surface area (Å²) < 4.78 is 23.8. The molecule has 24 heavy (non-hydrogen) atoms. The van der Waals surface area contributed by atoms with E-state index in [1.165, 1.54) is 23.8 Å². The first kappa shape index (κ1) is 16.8. The second-order valence-electron chi connectivity index (χ2n) is 6.05. The molecule has 3 heterocycles. The summed E-state index contributed by atoms with van der Waals surface area (Å²) in [6.07, 6.45) is -0.989. The van der Waals surface area contributed by atoms with Crippen molar-refractivity contribution >= 4 is 11.8 Å². The molecule has 10 heteroatoms. The smallest absolute Gasteiger partial charge is 0.351 e. The number of fused-ring (bicyclic) bond motifs is 1. The third-order valence-electron chi connectivity index (χ3n) is 3.79. The van der Waals surface area contributed by atoms with Gasteiger partial charge in [0.15, 0.2) is 17.8 Å². The number of hydrogen-bond donors (Lipinski definition) is 2. The van der Waals surface area contributed by atoms with Gasteiger partial charge in [0.2, 0.25) is 0 Å². The first-order chi connectivity index (χ1) is 11.3. The summed E-state index contributed by atoms with van der Waals surface area (Å²) in [5.74, 6) is -1.27. The van der Waals surface area contributed by atoms with Gasteiger partial charge in [0.05, 0.1) is 0 Å². The van der Waals surface area contributed by atoms with Crippen LogP contribution in [0.5, 0.6) is 0 Å². The van der Waals surface area contributed by atoms with Crippen LogP contribution in [0.1, 0.15) is 27.0 Å². The predicted molar refractivity (Wildman–Crippen MR) is 78.3 cm³/mol. The zero-order valence-corrected chi connectivity index (χ0v) is 13.5. The van der Waals surface area contributed by atoms with Gasteiger partial charge in [-0.1, -0.05) is 0 Å². The zero-order valence-electron chi connectivity index (χ0n) is 13.5. The van der Waals surface area contributed by atoms with Crippen LogP contribution in [0.3, 0.4) is 0 Å². The zero-order chi connectivity index (χ0) is 17.5. The van der Waals surface area contributed by atoms with Gasteiger partial charge in [-0.15, -0.1) is 0 Å². The fourth-order valence-corrected chi connectivity index (χ4v) is 2.89. The van der Waals surface area contributed by atoms with Crippen molar-refractivity contribution in [2.24, 2.45) is 0 Å². The average molecular weight is 341 g/mol.